The molecule has 0 heterocycles. The van der Waals surface area contributed by atoms with E-state index in [1.54, 1.807) is 30.3 Å². The van der Waals surface area contributed by atoms with E-state index in [1.165, 1.54) is 6.92 Å². The van der Waals surface area contributed by atoms with Crippen molar-refractivity contribution in [3.8, 4) is 0 Å². The number of carboxylic acids is 1. The lowest BCUT2D eigenvalue weighted by atomic mass is 9.82. The van der Waals surface area contributed by atoms with Gasteiger partial charge in [0, 0.05) is 18.3 Å². The zero-order valence-electron chi connectivity index (χ0n) is 12.2. The standard InChI is InChI=1S/C16H18N2O4/c1-10(19)17-11-6-8-12(9-7-11)18-15(20)13-4-2-3-5-14(13)16(21)22/h2-3,6-9,13-14H,4-5H2,1H3,(H,17,19)(H,18,20)(H,21,22)/t13-,14+/m1/s1. The number of carbonyl (C=O) groups excluding carboxylic acids is 2. The number of rotatable bonds is 4. The summed E-state index contributed by atoms with van der Waals surface area (Å²) in [4.78, 5) is 34.4. The third-order valence-corrected chi connectivity index (χ3v) is 3.56. The van der Waals surface area contributed by atoms with Crippen molar-refractivity contribution in [2.45, 2.75) is 19.8 Å². The number of aliphatic carboxylic acids is 1. The predicted molar refractivity (Wildman–Crippen MR) is 82.4 cm³/mol. The topological polar surface area (TPSA) is 95.5 Å². The molecular formula is C16H18N2O4. The first-order valence-electron chi connectivity index (χ1n) is 7.03. The van der Waals surface area contributed by atoms with Crippen LogP contribution in [0, 0.1) is 11.8 Å². The van der Waals surface area contributed by atoms with E-state index in [4.69, 9.17) is 0 Å². The largest absolute Gasteiger partial charge is 0.481 e. The van der Waals surface area contributed by atoms with Crippen LogP contribution in [0.15, 0.2) is 36.4 Å². The van der Waals surface area contributed by atoms with E-state index in [2.05, 4.69) is 10.6 Å². The molecule has 0 fully saturated rings. The van der Waals surface area contributed by atoms with Crippen LogP contribution in [0.3, 0.4) is 0 Å². The van der Waals surface area contributed by atoms with Crippen LogP contribution in [0.2, 0.25) is 0 Å². The first kappa shape index (κ1) is 15.8. The second kappa shape index (κ2) is 6.89. The second-order valence-corrected chi connectivity index (χ2v) is 5.24. The minimum Gasteiger partial charge on any atom is -0.481 e. The van der Waals surface area contributed by atoms with Crippen molar-refractivity contribution in [2.75, 3.05) is 10.6 Å². The Hall–Kier alpha value is -2.63. The fourth-order valence-electron chi connectivity index (χ4n) is 2.45. The van der Waals surface area contributed by atoms with Crippen molar-refractivity contribution in [3.63, 3.8) is 0 Å². The van der Waals surface area contributed by atoms with Crippen LogP contribution in [0.4, 0.5) is 11.4 Å². The van der Waals surface area contributed by atoms with Gasteiger partial charge in [-0.15, -0.1) is 0 Å². The van der Waals surface area contributed by atoms with Crippen LogP contribution in [0.5, 0.6) is 0 Å². The summed E-state index contributed by atoms with van der Waals surface area (Å²) in [5.74, 6) is -2.69. The average Bonchev–Trinajstić information content (AvgIpc) is 2.48. The number of hydrogen-bond acceptors (Lipinski definition) is 3. The number of nitrogens with one attached hydrogen (secondary N) is 2. The SMILES string of the molecule is CC(=O)Nc1ccc(NC(=O)[C@@H]2CC=CC[C@@H]2C(=O)O)cc1. The van der Waals surface area contributed by atoms with E-state index in [9.17, 15) is 19.5 Å². The molecule has 0 aromatic heterocycles. The summed E-state index contributed by atoms with van der Waals surface area (Å²) >= 11 is 0. The number of anilines is 2. The summed E-state index contributed by atoms with van der Waals surface area (Å²) in [6.07, 6.45) is 4.43. The Morgan fingerprint density at radius 3 is 1.95 bits per heavy atom. The Morgan fingerprint density at radius 1 is 0.955 bits per heavy atom. The van der Waals surface area contributed by atoms with E-state index < -0.39 is 17.8 Å². The number of amides is 2. The van der Waals surface area contributed by atoms with Gasteiger partial charge in [0.1, 0.15) is 0 Å². The second-order valence-electron chi connectivity index (χ2n) is 5.24. The fraction of sp³-hybridized carbons (Fsp3) is 0.312. The molecule has 1 aromatic carbocycles. The maximum Gasteiger partial charge on any atom is 0.307 e. The monoisotopic (exact) mass is 302 g/mol. The van der Waals surface area contributed by atoms with Gasteiger partial charge in [0.15, 0.2) is 0 Å². The van der Waals surface area contributed by atoms with Crippen molar-refractivity contribution < 1.29 is 19.5 Å². The van der Waals surface area contributed by atoms with E-state index >= 15 is 0 Å². The molecule has 116 valence electrons. The molecule has 2 rings (SSSR count). The molecule has 2 amide bonds. The minimum absolute atomic E-state index is 0.171. The quantitative estimate of drug-likeness (QED) is 0.743. The fourth-order valence-corrected chi connectivity index (χ4v) is 2.45. The Bertz CT molecular complexity index is 607. The van der Waals surface area contributed by atoms with Crippen molar-refractivity contribution in [2.24, 2.45) is 11.8 Å². The summed E-state index contributed by atoms with van der Waals surface area (Å²) in [6.45, 7) is 1.42. The summed E-state index contributed by atoms with van der Waals surface area (Å²) in [5, 5.41) is 14.6. The lowest BCUT2D eigenvalue weighted by Gasteiger charge is -2.24. The van der Waals surface area contributed by atoms with Gasteiger partial charge >= 0.3 is 5.97 Å². The molecule has 3 N–H and O–H groups in total. The van der Waals surface area contributed by atoms with E-state index in [-0.39, 0.29) is 11.8 Å². The van der Waals surface area contributed by atoms with Gasteiger partial charge in [-0.25, -0.2) is 0 Å². The molecule has 0 saturated carbocycles. The lowest BCUT2D eigenvalue weighted by molar-refractivity contribution is -0.146. The maximum atomic E-state index is 12.3. The number of allylic oxidation sites excluding steroid dienone is 2. The van der Waals surface area contributed by atoms with Crippen molar-refractivity contribution >= 4 is 29.2 Å². The third-order valence-electron chi connectivity index (χ3n) is 3.56. The molecule has 0 aliphatic heterocycles. The van der Waals surface area contributed by atoms with Gasteiger partial charge < -0.3 is 15.7 Å². The van der Waals surface area contributed by atoms with Crippen LogP contribution in [-0.4, -0.2) is 22.9 Å². The summed E-state index contributed by atoms with van der Waals surface area (Å²) in [6, 6.07) is 6.67. The molecule has 0 bridgehead atoms. The highest BCUT2D eigenvalue weighted by atomic mass is 16.4. The maximum absolute atomic E-state index is 12.3. The normalized spacial score (nSPS) is 20.2. The molecule has 22 heavy (non-hydrogen) atoms. The summed E-state index contributed by atoms with van der Waals surface area (Å²) in [5.41, 5.74) is 1.20. The summed E-state index contributed by atoms with van der Waals surface area (Å²) < 4.78 is 0. The van der Waals surface area contributed by atoms with Gasteiger partial charge in [0.05, 0.1) is 11.8 Å². The zero-order valence-corrected chi connectivity index (χ0v) is 12.2. The Labute approximate surface area is 128 Å². The van der Waals surface area contributed by atoms with Crippen molar-refractivity contribution in [3.05, 3.63) is 36.4 Å². The molecule has 0 radical (unpaired) electrons. The molecule has 6 nitrogen and oxygen atoms in total. The van der Waals surface area contributed by atoms with Crippen molar-refractivity contribution in [1.29, 1.82) is 0 Å². The summed E-state index contributed by atoms with van der Waals surface area (Å²) in [7, 11) is 0. The van der Waals surface area contributed by atoms with Crippen LogP contribution in [0.1, 0.15) is 19.8 Å². The highest BCUT2D eigenvalue weighted by molar-refractivity contribution is 5.96. The molecule has 0 saturated heterocycles. The van der Waals surface area contributed by atoms with Crippen molar-refractivity contribution in [1.82, 2.24) is 0 Å². The zero-order chi connectivity index (χ0) is 16.1. The number of carbonyl (C=O) groups is 3. The van der Waals surface area contributed by atoms with Gasteiger partial charge in [-0.3, -0.25) is 14.4 Å². The smallest absolute Gasteiger partial charge is 0.307 e. The Kier molecular flexibility index (Phi) is 4.93. The number of carboxylic acid groups (broad SMARTS) is 1. The first-order valence-corrected chi connectivity index (χ1v) is 7.03. The van der Waals surface area contributed by atoms with E-state index in [0.717, 1.165) is 0 Å². The minimum atomic E-state index is -0.953. The van der Waals surface area contributed by atoms with E-state index in [0.29, 0.717) is 24.2 Å². The van der Waals surface area contributed by atoms with Gasteiger partial charge in [0.2, 0.25) is 11.8 Å². The molecule has 6 heteroatoms. The Balaban J connectivity index is 2.03. The third kappa shape index (κ3) is 3.94. The van der Waals surface area contributed by atoms with E-state index in [1.807, 2.05) is 6.08 Å². The molecule has 2 atom stereocenters. The van der Waals surface area contributed by atoms with Crippen LogP contribution in [-0.2, 0) is 14.4 Å². The van der Waals surface area contributed by atoms with Crippen LogP contribution < -0.4 is 10.6 Å². The number of benzene rings is 1. The van der Waals surface area contributed by atoms with Gasteiger partial charge in [-0.2, -0.15) is 0 Å². The first-order chi connectivity index (χ1) is 10.5. The van der Waals surface area contributed by atoms with Crippen LogP contribution >= 0.6 is 0 Å². The van der Waals surface area contributed by atoms with Gasteiger partial charge in [-0.05, 0) is 37.1 Å². The number of hydrogen-bond donors (Lipinski definition) is 3. The highest BCUT2D eigenvalue weighted by Crippen LogP contribution is 2.27. The molecule has 0 unspecified atom stereocenters. The molecule has 1 aliphatic rings. The molecule has 1 aromatic rings. The molecule has 0 spiro atoms. The lowest BCUT2D eigenvalue weighted by Crippen LogP contribution is -2.34. The predicted octanol–water partition coefficient (Wildman–Crippen LogP) is 2.25. The molecule has 1 aliphatic carbocycles. The van der Waals surface area contributed by atoms with Crippen LogP contribution in [0.25, 0.3) is 0 Å². The highest BCUT2D eigenvalue weighted by Gasteiger charge is 2.33. The van der Waals surface area contributed by atoms with Gasteiger partial charge in [0.25, 0.3) is 0 Å². The van der Waals surface area contributed by atoms with Gasteiger partial charge in [-0.1, -0.05) is 12.2 Å². The Morgan fingerprint density at radius 2 is 1.45 bits per heavy atom. The molecular weight excluding hydrogens is 284 g/mol. The average molecular weight is 302 g/mol.